The lowest BCUT2D eigenvalue weighted by Crippen LogP contribution is -1.98. The molecule has 0 amide bonds. The number of thioether (sulfide) groups is 1. The average molecular weight is 252 g/mol. The van der Waals surface area contributed by atoms with E-state index in [0.29, 0.717) is 22.3 Å². The zero-order chi connectivity index (χ0) is 12.7. The summed E-state index contributed by atoms with van der Waals surface area (Å²) in [6.07, 6.45) is 0. The smallest absolute Gasteiger partial charge is 0.275 e. The van der Waals surface area contributed by atoms with Gasteiger partial charge in [-0.2, -0.15) is 24.4 Å². The van der Waals surface area contributed by atoms with E-state index < -0.39 is 5.76 Å². The van der Waals surface area contributed by atoms with Gasteiger partial charge in [0, 0.05) is 4.90 Å². The molecule has 0 aromatic heterocycles. The number of nitriles is 2. The quantitative estimate of drug-likeness (QED) is 0.508. The molecule has 0 spiro atoms. The molecular formula is C10H6F2N4S. The van der Waals surface area contributed by atoms with Crippen molar-refractivity contribution in [3.63, 3.8) is 0 Å². The summed E-state index contributed by atoms with van der Waals surface area (Å²) >= 11 is 0.361. The Morgan fingerprint density at radius 2 is 1.94 bits per heavy atom. The molecule has 1 rings (SSSR count). The number of para-hydroxylation sites is 1. The zero-order valence-corrected chi connectivity index (χ0v) is 9.21. The highest BCUT2D eigenvalue weighted by atomic mass is 32.2. The minimum absolute atomic E-state index is 0.293. The van der Waals surface area contributed by atoms with Crippen LogP contribution in [0.2, 0.25) is 0 Å². The van der Waals surface area contributed by atoms with Gasteiger partial charge in [0.2, 0.25) is 5.71 Å². The first-order chi connectivity index (χ1) is 8.17. The van der Waals surface area contributed by atoms with Crippen LogP contribution in [0.5, 0.6) is 0 Å². The van der Waals surface area contributed by atoms with Gasteiger partial charge in [-0.3, -0.25) is 5.43 Å². The maximum atomic E-state index is 12.2. The van der Waals surface area contributed by atoms with Crippen LogP contribution in [-0.4, -0.2) is 11.5 Å². The molecule has 0 saturated heterocycles. The molecule has 0 unspecified atom stereocenters. The van der Waals surface area contributed by atoms with Gasteiger partial charge in [-0.05, 0) is 12.1 Å². The number of hydrazone groups is 1. The summed E-state index contributed by atoms with van der Waals surface area (Å²) in [7, 11) is 0. The number of benzene rings is 1. The van der Waals surface area contributed by atoms with Crippen LogP contribution in [0.15, 0.2) is 34.3 Å². The van der Waals surface area contributed by atoms with E-state index in [9.17, 15) is 8.78 Å². The number of nitrogens with one attached hydrogen (secondary N) is 1. The molecule has 0 aliphatic carbocycles. The predicted molar refractivity (Wildman–Crippen MR) is 60.6 cm³/mol. The van der Waals surface area contributed by atoms with Gasteiger partial charge in [-0.15, -0.1) is 0 Å². The van der Waals surface area contributed by atoms with Gasteiger partial charge in [0.15, 0.2) is 0 Å². The minimum Gasteiger partial charge on any atom is -0.275 e. The highest BCUT2D eigenvalue weighted by Crippen LogP contribution is 2.31. The van der Waals surface area contributed by atoms with Crippen molar-refractivity contribution in [1.82, 2.24) is 0 Å². The third kappa shape index (κ3) is 4.09. The molecule has 17 heavy (non-hydrogen) atoms. The van der Waals surface area contributed by atoms with Crippen LogP contribution in [0.1, 0.15) is 0 Å². The topological polar surface area (TPSA) is 72.0 Å². The van der Waals surface area contributed by atoms with Crippen LogP contribution < -0.4 is 5.43 Å². The number of rotatable bonds is 4. The Hall–Kier alpha value is -2.12. The van der Waals surface area contributed by atoms with Crippen molar-refractivity contribution in [1.29, 1.82) is 10.5 Å². The molecular weight excluding hydrogens is 246 g/mol. The summed E-state index contributed by atoms with van der Waals surface area (Å²) in [4.78, 5) is 0.293. The third-order valence-corrected chi connectivity index (χ3v) is 2.39. The van der Waals surface area contributed by atoms with Crippen molar-refractivity contribution < 1.29 is 8.78 Å². The first-order valence-corrected chi connectivity index (χ1v) is 5.23. The molecule has 0 saturated carbocycles. The van der Waals surface area contributed by atoms with E-state index in [0.717, 1.165) is 0 Å². The van der Waals surface area contributed by atoms with Crippen LogP contribution in [0.3, 0.4) is 0 Å². The summed E-state index contributed by atoms with van der Waals surface area (Å²) in [5, 5.41) is 20.4. The van der Waals surface area contributed by atoms with Crippen LogP contribution in [0, 0.1) is 22.7 Å². The van der Waals surface area contributed by atoms with Crippen LogP contribution in [0.25, 0.3) is 0 Å². The van der Waals surface area contributed by atoms with Gasteiger partial charge in [0.25, 0.3) is 5.76 Å². The molecule has 7 heteroatoms. The molecule has 86 valence electrons. The number of nitrogens with zero attached hydrogens (tertiary/aromatic N) is 3. The molecule has 4 nitrogen and oxygen atoms in total. The fourth-order valence-electron chi connectivity index (χ4n) is 0.949. The molecule has 1 N–H and O–H groups in total. The van der Waals surface area contributed by atoms with Gasteiger partial charge in [-0.1, -0.05) is 23.9 Å². The lowest BCUT2D eigenvalue weighted by atomic mass is 10.3. The van der Waals surface area contributed by atoms with Gasteiger partial charge >= 0.3 is 0 Å². The highest BCUT2D eigenvalue weighted by molar-refractivity contribution is 7.99. The summed E-state index contributed by atoms with van der Waals surface area (Å²) in [5.41, 5.74) is 2.36. The van der Waals surface area contributed by atoms with Gasteiger partial charge < -0.3 is 0 Å². The first-order valence-electron chi connectivity index (χ1n) is 4.35. The third-order valence-electron chi connectivity index (χ3n) is 1.60. The van der Waals surface area contributed by atoms with Crippen molar-refractivity contribution in [3.05, 3.63) is 24.3 Å². The molecule has 0 atom stereocenters. The van der Waals surface area contributed by atoms with Crippen molar-refractivity contribution in [2.75, 3.05) is 5.43 Å². The minimum atomic E-state index is -2.55. The van der Waals surface area contributed by atoms with E-state index in [1.807, 2.05) is 0 Å². The van der Waals surface area contributed by atoms with E-state index in [-0.39, 0.29) is 5.71 Å². The van der Waals surface area contributed by atoms with E-state index in [2.05, 4.69) is 10.5 Å². The lowest BCUT2D eigenvalue weighted by molar-refractivity contribution is 0.252. The van der Waals surface area contributed by atoms with E-state index in [1.54, 1.807) is 24.3 Å². The number of alkyl halides is 2. The van der Waals surface area contributed by atoms with Gasteiger partial charge in [0.1, 0.15) is 12.1 Å². The Kier molecular flexibility index (Phi) is 4.92. The van der Waals surface area contributed by atoms with Crippen molar-refractivity contribution in [3.8, 4) is 12.1 Å². The van der Waals surface area contributed by atoms with E-state index in [1.165, 1.54) is 12.1 Å². The molecule has 0 aliphatic heterocycles. The monoisotopic (exact) mass is 252 g/mol. The maximum absolute atomic E-state index is 12.2. The number of hydrogen-bond donors (Lipinski definition) is 1. The largest absolute Gasteiger partial charge is 0.288 e. The van der Waals surface area contributed by atoms with Gasteiger partial charge in [0.05, 0.1) is 5.69 Å². The van der Waals surface area contributed by atoms with E-state index in [4.69, 9.17) is 10.5 Å². The summed E-state index contributed by atoms with van der Waals surface area (Å²) in [5.74, 6) is -2.55. The Morgan fingerprint density at radius 1 is 1.29 bits per heavy atom. The fourth-order valence-corrected chi connectivity index (χ4v) is 1.54. The second kappa shape index (κ2) is 6.46. The van der Waals surface area contributed by atoms with Crippen molar-refractivity contribution >= 4 is 23.2 Å². The normalized spacial score (nSPS) is 9.24. The molecule has 0 aliphatic rings. The van der Waals surface area contributed by atoms with Crippen LogP contribution >= 0.6 is 11.8 Å². The summed E-state index contributed by atoms with van der Waals surface area (Å²) in [6.45, 7) is 0. The first kappa shape index (κ1) is 12.9. The standard InChI is InChI=1S/C10H6F2N4S/c11-10(12)17-9-4-2-1-3-8(9)16-15-7(5-13)6-14/h1-4,10,16H. The SMILES string of the molecule is N#CC(C#N)=NNc1ccccc1SC(F)F. The summed E-state index contributed by atoms with van der Waals surface area (Å²) in [6, 6.07) is 9.37. The Morgan fingerprint density at radius 3 is 2.53 bits per heavy atom. The average Bonchev–Trinajstić information content (AvgIpc) is 2.31. The molecule has 0 bridgehead atoms. The lowest BCUT2D eigenvalue weighted by Gasteiger charge is -2.06. The molecule has 1 aromatic carbocycles. The van der Waals surface area contributed by atoms with Crippen molar-refractivity contribution in [2.24, 2.45) is 5.10 Å². The second-order valence-electron chi connectivity index (χ2n) is 2.67. The Balaban J connectivity index is 2.89. The number of hydrogen-bond acceptors (Lipinski definition) is 5. The highest BCUT2D eigenvalue weighted by Gasteiger charge is 2.09. The molecule has 1 aromatic rings. The summed E-state index contributed by atoms with van der Waals surface area (Å²) < 4.78 is 24.5. The molecule has 0 fully saturated rings. The predicted octanol–water partition coefficient (Wildman–Crippen LogP) is 2.82. The Bertz CT molecular complexity index is 486. The number of anilines is 1. The number of halogens is 2. The van der Waals surface area contributed by atoms with Crippen molar-refractivity contribution in [2.45, 2.75) is 10.7 Å². The van der Waals surface area contributed by atoms with Crippen LogP contribution in [-0.2, 0) is 0 Å². The maximum Gasteiger partial charge on any atom is 0.288 e. The Labute approximate surface area is 101 Å². The van der Waals surface area contributed by atoms with Gasteiger partial charge in [-0.25, -0.2) is 0 Å². The van der Waals surface area contributed by atoms with Crippen LogP contribution in [0.4, 0.5) is 14.5 Å². The van der Waals surface area contributed by atoms with E-state index >= 15 is 0 Å². The second-order valence-corrected chi connectivity index (χ2v) is 3.70. The molecule has 0 radical (unpaired) electrons. The molecule has 0 heterocycles. The fraction of sp³-hybridized carbons (Fsp3) is 0.100. The zero-order valence-electron chi connectivity index (χ0n) is 8.39.